The molecule has 0 aliphatic heterocycles. The molecule has 0 heteroatoms. The molecule has 0 unspecified atom stereocenters. The molecule has 1 fully saturated rings. The van der Waals surface area contributed by atoms with Crippen molar-refractivity contribution in [3.8, 4) is 11.1 Å². The summed E-state index contributed by atoms with van der Waals surface area (Å²) in [5, 5.41) is 0. The van der Waals surface area contributed by atoms with E-state index in [4.69, 9.17) is 0 Å². The van der Waals surface area contributed by atoms with Gasteiger partial charge in [-0.3, -0.25) is 0 Å². The van der Waals surface area contributed by atoms with Gasteiger partial charge in [0.2, 0.25) is 0 Å². The van der Waals surface area contributed by atoms with Crippen molar-refractivity contribution in [2.75, 3.05) is 0 Å². The van der Waals surface area contributed by atoms with E-state index in [0.717, 1.165) is 6.42 Å². The molecule has 0 aromatic heterocycles. The van der Waals surface area contributed by atoms with Crippen LogP contribution in [0.2, 0.25) is 0 Å². The highest BCUT2D eigenvalue weighted by atomic mass is 14.4. The van der Waals surface area contributed by atoms with E-state index in [0.29, 0.717) is 5.41 Å². The molecule has 0 spiro atoms. The lowest BCUT2D eigenvalue weighted by molar-refractivity contribution is 0.217. The van der Waals surface area contributed by atoms with Crippen LogP contribution < -0.4 is 0 Å². The maximum absolute atomic E-state index is 2.56. The van der Waals surface area contributed by atoms with Crippen molar-refractivity contribution in [2.24, 2.45) is 5.41 Å². The van der Waals surface area contributed by atoms with Crippen molar-refractivity contribution in [3.05, 3.63) is 64.7 Å². The van der Waals surface area contributed by atoms with Gasteiger partial charge in [-0.05, 0) is 70.8 Å². The Labute approximate surface area is 184 Å². The van der Waals surface area contributed by atoms with Gasteiger partial charge in [0.05, 0.1) is 0 Å². The van der Waals surface area contributed by atoms with Crippen LogP contribution in [0.1, 0.15) is 102 Å². The Morgan fingerprint density at radius 2 is 1.57 bits per heavy atom. The second-order valence-corrected chi connectivity index (χ2v) is 11.0. The van der Waals surface area contributed by atoms with Gasteiger partial charge in [0.25, 0.3) is 0 Å². The smallest absolute Gasteiger partial charge is 0.00574 e. The summed E-state index contributed by atoms with van der Waals surface area (Å²) in [4.78, 5) is 0. The molecule has 0 radical (unpaired) electrons. The molecular formula is C30H40. The minimum atomic E-state index is 0.205. The minimum absolute atomic E-state index is 0.205. The van der Waals surface area contributed by atoms with Gasteiger partial charge in [-0.15, -0.1) is 0 Å². The van der Waals surface area contributed by atoms with Crippen molar-refractivity contribution in [1.82, 2.24) is 0 Å². The zero-order valence-electron chi connectivity index (χ0n) is 19.7. The second kappa shape index (κ2) is 8.74. The van der Waals surface area contributed by atoms with Gasteiger partial charge in [-0.25, -0.2) is 0 Å². The van der Waals surface area contributed by atoms with E-state index >= 15 is 0 Å². The summed E-state index contributed by atoms with van der Waals surface area (Å²) in [6.07, 6.45) is 16.4. The Morgan fingerprint density at radius 3 is 2.20 bits per heavy atom. The third-order valence-corrected chi connectivity index (χ3v) is 7.57. The fraction of sp³-hybridized carbons (Fsp3) is 0.533. The van der Waals surface area contributed by atoms with Crippen LogP contribution >= 0.6 is 0 Å². The standard InChI is InChI=1S/C30H40/c1-5-17-30(18-8-6-7-9-19-30)22-23-20-25-11-10-12-27(28(25)21-23)24-13-15-26(16-14-24)29(2,3)4/h10-16,21H,5-9,17-20,22H2,1-4H3. The highest BCUT2D eigenvalue weighted by molar-refractivity contribution is 5.81. The summed E-state index contributed by atoms with van der Waals surface area (Å²) in [5.74, 6) is 0. The molecule has 1 saturated carbocycles. The van der Waals surface area contributed by atoms with Crippen molar-refractivity contribution < 1.29 is 0 Å². The predicted octanol–water partition coefficient (Wildman–Crippen LogP) is 9.12. The lowest BCUT2D eigenvalue weighted by Gasteiger charge is -2.33. The van der Waals surface area contributed by atoms with E-state index in [1.165, 1.54) is 85.6 Å². The van der Waals surface area contributed by atoms with Gasteiger partial charge in [0, 0.05) is 0 Å². The first-order valence-electron chi connectivity index (χ1n) is 12.3. The molecule has 2 aromatic rings. The summed E-state index contributed by atoms with van der Waals surface area (Å²) >= 11 is 0. The monoisotopic (exact) mass is 400 g/mol. The highest BCUT2D eigenvalue weighted by Gasteiger charge is 2.32. The van der Waals surface area contributed by atoms with Crippen molar-refractivity contribution in [3.63, 3.8) is 0 Å². The largest absolute Gasteiger partial charge is 0.0654 e. The van der Waals surface area contributed by atoms with Crippen LogP contribution in [0, 0.1) is 5.41 Å². The lowest BCUT2D eigenvalue weighted by atomic mass is 9.72. The Kier molecular flexibility index (Phi) is 6.24. The first-order valence-corrected chi connectivity index (χ1v) is 12.3. The lowest BCUT2D eigenvalue weighted by Crippen LogP contribution is -2.20. The number of benzene rings is 2. The Bertz CT molecular complexity index is 881. The quantitative estimate of drug-likeness (QED) is 0.439. The van der Waals surface area contributed by atoms with Gasteiger partial charge in [0.1, 0.15) is 0 Å². The summed E-state index contributed by atoms with van der Waals surface area (Å²) in [6.45, 7) is 9.24. The summed E-state index contributed by atoms with van der Waals surface area (Å²) < 4.78 is 0. The molecule has 160 valence electrons. The maximum atomic E-state index is 2.56. The molecule has 0 bridgehead atoms. The van der Waals surface area contributed by atoms with E-state index in [2.05, 4.69) is 76.2 Å². The highest BCUT2D eigenvalue weighted by Crippen LogP contribution is 2.46. The molecule has 2 aliphatic carbocycles. The molecule has 2 aromatic carbocycles. The number of rotatable bonds is 5. The van der Waals surface area contributed by atoms with Crippen LogP contribution in [-0.4, -0.2) is 0 Å². The van der Waals surface area contributed by atoms with Gasteiger partial charge in [-0.1, -0.05) is 114 Å². The van der Waals surface area contributed by atoms with Crippen LogP contribution in [0.3, 0.4) is 0 Å². The van der Waals surface area contributed by atoms with Crippen molar-refractivity contribution >= 4 is 6.08 Å². The second-order valence-electron chi connectivity index (χ2n) is 11.0. The van der Waals surface area contributed by atoms with E-state index in [9.17, 15) is 0 Å². The summed E-state index contributed by atoms with van der Waals surface area (Å²) in [5.41, 5.74) is 9.64. The Morgan fingerprint density at radius 1 is 0.867 bits per heavy atom. The third kappa shape index (κ3) is 4.58. The molecule has 0 atom stereocenters. The van der Waals surface area contributed by atoms with E-state index in [-0.39, 0.29) is 5.41 Å². The maximum Gasteiger partial charge on any atom is -0.00574 e. The molecule has 0 nitrogen and oxygen atoms in total. The molecule has 30 heavy (non-hydrogen) atoms. The number of hydrogen-bond donors (Lipinski definition) is 0. The van der Waals surface area contributed by atoms with E-state index in [1.807, 2.05) is 0 Å². The average Bonchev–Trinajstić information content (AvgIpc) is 2.98. The fourth-order valence-electron chi connectivity index (χ4n) is 5.96. The first kappa shape index (κ1) is 21.4. The average molecular weight is 401 g/mol. The zero-order chi connectivity index (χ0) is 21.2. The van der Waals surface area contributed by atoms with Gasteiger partial charge >= 0.3 is 0 Å². The van der Waals surface area contributed by atoms with Crippen molar-refractivity contribution in [1.29, 1.82) is 0 Å². The van der Waals surface area contributed by atoms with E-state index in [1.54, 1.807) is 5.57 Å². The Hall–Kier alpha value is -1.82. The normalized spacial score (nSPS) is 18.6. The number of allylic oxidation sites excluding steroid dienone is 1. The summed E-state index contributed by atoms with van der Waals surface area (Å²) in [7, 11) is 0. The molecule has 0 amide bonds. The Balaban J connectivity index is 1.61. The molecular weight excluding hydrogens is 360 g/mol. The SMILES string of the molecule is CCCC1(CC2=Cc3c(cccc3-c3ccc(C(C)(C)C)cc3)C2)CCCCCC1. The zero-order valence-corrected chi connectivity index (χ0v) is 19.7. The van der Waals surface area contributed by atoms with Crippen LogP contribution in [-0.2, 0) is 11.8 Å². The van der Waals surface area contributed by atoms with Crippen molar-refractivity contribution in [2.45, 2.75) is 97.3 Å². The van der Waals surface area contributed by atoms with Crippen LogP contribution in [0.4, 0.5) is 0 Å². The molecule has 0 saturated heterocycles. The number of fused-ring (bicyclic) bond motifs is 1. The molecule has 0 heterocycles. The predicted molar refractivity (Wildman–Crippen MR) is 132 cm³/mol. The van der Waals surface area contributed by atoms with Gasteiger partial charge in [0.15, 0.2) is 0 Å². The molecule has 2 aliphatic rings. The first-order chi connectivity index (χ1) is 14.4. The van der Waals surface area contributed by atoms with Gasteiger partial charge in [-0.2, -0.15) is 0 Å². The molecule has 0 N–H and O–H groups in total. The van der Waals surface area contributed by atoms with Crippen LogP contribution in [0.25, 0.3) is 17.2 Å². The van der Waals surface area contributed by atoms with Crippen LogP contribution in [0.5, 0.6) is 0 Å². The summed E-state index contributed by atoms with van der Waals surface area (Å²) in [6, 6.07) is 16.2. The topological polar surface area (TPSA) is 0 Å². The van der Waals surface area contributed by atoms with Gasteiger partial charge < -0.3 is 0 Å². The molecule has 4 rings (SSSR count). The third-order valence-electron chi connectivity index (χ3n) is 7.57. The van der Waals surface area contributed by atoms with Crippen LogP contribution in [0.15, 0.2) is 48.0 Å². The minimum Gasteiger partial charge on any atom is -0.0654 e. The fourth-order valence-corrected chi connectivity index (χ4v) is 5.96. The number of hydrogen-bond acceptors (Lipinski definition) is 0. The van der Waals surface area contributed by atoms with E-state index < -0.39 is 0 Å².